The molecule has 32 heavy (non-hydrogen) atoms. The molecule has 3 aromatic rings. The van der Waals surface area contributed by atoms with Crippen molar-refractivity contribution in [3.05, 3.63) is 55.4 Å². The van der Waals surface area contributed by atoms with Gasteiger partial charge in [-0.1, -0.05) is 31.5 Å². The lowest BCUT2D eigenvalue weighted by atomic mass is 9.97. The third-order valence-electron chi connectivity index (χ3n) is 6.17. The van der Waals surface area contributed by atoms with Gasteiger partial charge in [-0.25, -0.2) is 4.98 Å². The maximum Gasteiger partial charge on any atom is 0.263 e. The Kier molecular flexibility index (Phi) is 6.98. The number of amides is 1. The first-order valence-corrected chi connectivity index (χ1v) is 12.4. The summed E-state index contributed by atoms with van der Waals surface area (Å²) in [4.78, 5) is 35.7. The first-order chi connectivity index (χ1) is 15.4. The van der Waals surface area contributed by atoms with E-state index in [9.17, 15) is 9.59 Å². The van der Waals surface area contributed by atoms with Crippen LogP contribution in [0.25, 0.3) is 10.2 Å². The van der Waals surface area contributed by atoms with Crippen LogP contribution in [0.3, 0.4) is 0 Å². The summed E-state index contributed by atoms with van der Waals surface area (Å²) < 4.78 is 1.56. The zero-order valence-corrected chi connectivity index (χ0v) is 20.4. The van der Waals surface area contributed by atoms with Crippen molar-refractivity contribution in [1.82, 2.24) is 14.5 Å². The number of nitrogens with one attached hydrogen (secondary N) is 1. The average molecular weight is 473 g/mol. The van der Waals surface area contributed by atoms with Crippen LogP contribution in [0.4, 0.5) is 5.69 Å². The third-order valence-corrected chi connectivity index (χ3v) is 7.76. The standard InChI is InChI=1S/C24H29ClN4O2S/c1-4-28(5-2)13-20-27-23-22(17-8-6-7-9-19(17)32-23)24(31)29(20)14-21(30)26-16-11-10-15(3)18(25)12-16/h10-12H,4-9,13-14H2,1-3H3,(H,26,30). The molecule has 0 aliphatic heterocycles. The molecule has 4 rings (SSSR count). The fraction of sp³-hybridized carbons (Fsp3) is 0.458. The van der Waals surface area contributed by atoms with Gasteiger partial charge in [0.2, 0.25) is 5.91 Å². The van der Waals surface area contributed by atoms with Gasteiger partial charge in [0.1, 0.15) is 17.2 Å². The molecular weight excluding hydrogens is 444 g/mol. The normalized spacial score (nSPS) is 13.5. The maximum atomic E-state index is 13.6. The van der Waals surface area contributed by atoms with Crippen LogP contribution in [0, 0.1) is 6.92 Å². The monoisotopic (exact) mass is 472 g/mol. The molecule has 170 valence electrons. The molecule has 0 saturated heterocycles. The number of rotatable bonds is 7. The zero-order chi connectivity index (χ0) is 22.8. The number of aromatic nitrogens is 2. The Bertz CT molecular complexity index is 1210. The van der Waals surface area contributed by atoms with Crippen LogP contribution in [0.15, 0.2) is 23.0 Å². The van der Waals surface area contributed by atoms with Crippen LogP contribution < -0.4 is 10.9 Å². The summed E-state index contributed by atoms with van der Waals surface area (Å²) in [6.07, 6.45) is 4.17. The molecule has 0 radical (unpaired) electrons. The largest absolute Gasteiger partial charge is 0.324 e. The smallest absolute Gasteiger partial charge is 0.263 e. The van der Waals surface area contributed by atoms with Crippen molar-refractivity contribution in [2.75, 3.05) is 18.4 Å². The van der Waals surface area contributed by atoms with Gasteiger partial charge >= 0.3 is 0 Å². The summed E-state index contributed by atoms with van der Waals surface area (Å²) in [5.41, 5.74) is 2.60. The first kappa shape index (κ1) is 23.0. The van der Waals surface area contributed by atoms with Crippen molar-refractivity contribution in [3.8, 4) is 0 Å². The Morgan fingerprint density at radius 1 is 1.25 bits per heavy atom. The molecule has 1 aliphatic rings. The summed E-state index contributed by atoms with van der Waals surface area (Å²) in [5, 5.41) is 4.18. The summed E-state index contributed by atoms with van der Waals surface area (Å²) in [5.74, 6) is 0.375. The Labute approximate surface area is 197 Å². The predicted molar refractivity (Wildman–Crippen MR) is 132 cm³/mol. The van der Waals surface area contributed by atoms with Gasteiger partial charge in [-0.15, -0.1) is 11.3 Å². The van der Waals surface area contributed by atoms with Crippen LogP contribution in [-0.4, -0.2) is 33.4 Å². The predicted octanol–water partition coefficient (Wildman–Crippen LogP) is 4.78. The van der Waals surface area contributed by atoms with Crippen molar-refractivity contribution >= 4 is 44.7 Å². The zero-order valence-electron chi connectivity index (χ0n) is 18.8. The second-order valence-electron chi connectivity index (χ2n) is 8.28. The Hall–Kier alpha value is -2.22. The van der Waals surface area contributed by atoms with E-state index in [1.807, 2.05) is 19.1 Å². The minimum Gasteiger partial charge on any atom is -0.324 e. The molecule has 2 heterocycles. The summed E-state index contributed by atoms with van der Waals surface area (Å²) in [6.45, 7) is 8.23. The SMILES string of the molecule is CCN(CC)Cc1nc2sc3c(c2c(=O)n1CC(=O)Nc1ccc(C)c(Cl)c1)CCCC3. The van der Waals surface area contributed by atoms with E-state index in [-0.39, 0.29) is 18.0 Å². The van der Waals surface area contributed by atoms with Crippen LogP contribution >= 0.6 is 22.9 Å². The maximum absolute atomic E-state index is 13.6. The summed E-state index contributed by atoms with van der Waals surface area (Å²) in [6, 6.07) is 5.40. The van der Waals surface area contributed by atoms with E-state index in [2.05, 4.69) is 24.1 Å². The van der Waals surface area contributed by atoms with Crippen molar-refractivity contribution in [1.29, 1.82) is 0 Å². The third kappa shape index (κ3) is 4.60. The minimum absolute atomic E-state index is 0.0749. The van der Waals surface area contributed by atoms with Crippen LogP contribution in [0.1, 0.15) is 48.5 Å². The second kappa shape index (κ2) is 9.73. The number of anilines is 1. The van der Waals surface area contributed by atoms with E-state index in [4.69, 9.17) is 16.6 Å². The number of thiophene rings is 1. The Morgan fingerprint density at radius 3 is 2.72 bits per heavy atom. The lowest BCUT2D eigenvalue weighted by Crippen LogP contribution is -2.34. The van der Waals surface area contributed by atoms with Crippen LogP contribution in [0.5, 0.6) is 0 Å². The number of carbonyl (C=O) groups excluding carboxylic acids is 1. The van der Waals surface area contributed by atoms with Gasteiger partial charge in [-0.05, 0) is 69.0 Å². The number of fused-ring (bicyclic) bond motifs is 3. The number of benzene rings is 1. The minimum atomic E-state index is -0.266. The number of aryl methyl sites for hydroxylation is 3. The molecule has 1 N–H and O–H groups in total. The molecule has 1 amide bonds. The molecule has 0 fully saturated rings. The highest BCUT2D eigenvalue weighted by atomic mass is 35.5. The van der Waals surface area contributed by atoms with Crippen molar-refractivity contribution in [2.24, 2.45) is 0 Å². The van der Waals surface area contributed by atoms with E-state index in [0.29, 0.717) is 28.5 Å². The molecule has 8 heteroatoms. The van der Waals surface area contributed by atoms with Gasteiger partial charge in [-0.3, -0.25) is 19.1 Å². The first-order valence-electron chi connectivity index (χ1n) is 11.2. The van der Waals surface area contributed by atoms with E-state index in [0.717, 1.165) is 54.7 Å². The molecule has 1 aliphatic carbocycles. The molecular formula is C24H29ClN4O2S. The van der Waals surface area contributed by atoms with Crippen LogP contribution in [0.2, 0.25) is 5.02 Å². The van der Waals surface area contributed by atoms with E-state index in [1.54, 1.807) is 22.0 Å². The summed E-state index contributed by atoms with van der Waals surface area (Å²) in [7, 11) is 0. The number of hydrogen-bond acceptors (Lipinski definition) is 5. The number of halogens is 1. The molecule has 6 nitrogen and oxygen atoms in total. The van der Waals surface area contributed by atoms with Crippen molar-refractivity contribution < 1.29 is 4.79 Å². The highest BCUT2D eigenvalue weighted by Crippen LogP contribution is 2.34. The number of hydrogen-bond donors (Lipinski definition) is 1. The molecule has 2 aromatic heterocycles. The molecule has 0 bridgehead atoms. The van der Waals surface area contributed by atoms with Gasteiger partial charge < -0.3 is 5.32 Å². The lowest BCUT2D eigenvalue weighted by Gasteiger charge is -2.20. The fourth-order valence-electron chi connectivity index (χ4n) is 4.23. The lowest BCUT2D eigenvalue weighted by molar-refractivity contribution is -0.116. The fourth-order valence-corrected chi connectivity index (χ4v) is 5.68. The van der Waals surface area contributed by atoms with Gasteiger partial charge in [-0.2, -0.15) is 0 Å². The van der Waals surface area contributed by atoms with Crippen molar-refractivity contribution in [2.45, 2.75) is 59.5 Å². The highest BCUT2D eigenvalue weighted by Gasteiger charge is 2.23. The Morgan fingerprint density at radius 2 is 2.00 bits per heavy atom. The van der Waals surface area contributed by atoms with Crippen molar-refractivity contribution in [3.63, 3.8) is 0 Å². The van der Waals surface area contributed by atoms with Gasteiger partial charge in [0.15, 0.2) is 0 Å². The molecule has 1 aromatic carbocycles. The average Bonchev–Trinajstić information content (AvgIpc) is 3.15. The van der Waals surface area contributed by atoms with Gasteiger partial charge in [0.05, 0.1) is 11.9 Å². The van der Waals surface area contributed by atoms with E-state index in [1.165, 1.54) is 4.88 Å². The van der Waals surface area contributed by atoms with Crippen LogP contribution in [-0.2, 0) is 30.7 Å². The topological polar surface area (TPSA) is 67.2 Å². The molecule has 0 saturated carbocycles. The van der Waals surface area contributed by atoms with Gasteiger partial charge in [0, 0.05) is 15.6 Å². The highest BCUT2D eigenvalue weighted by molar-refractivity contribution is 7.18. The number of carbonyl (C=O) groups is 1. The van der Waals surface area contributed by atoms with E-state index < -0.39 is 0 Å². The Balaban J connectivity index is 1.72. The van der Waals surface area contributed by atoms with Gasteiger partial charge in [0.25, 0.3) is 5.56 Å². The molecule has 0 spiro atoms. The molecule has 0 unspecified atom stereocenters. The summed E-state index contributed by atoms with van der Waals surface area (Å²) >= 11 is 7.84. The number of nitrogens with zero attached hydrogens (tertiary/aromatic N) is 3. The second-order valence-corrected chi connectivity index (χ2v) is 9.77. The molecule has 0 atom stereocenters. The van der Waals surface area contributed by atoms with E-state index >= 15 is 0 Å². The quantitative estimate of drug-likeness (QED) is 0.537.